The second-order valence-corrected chi connectivity index (χ2v) is 5.63. The maximum Gasteiger partial charge on any atom is 0.204 e. The Bertz CT molecular complexity index is 953. The summed E-state index contributed by atoms with van der Waals surface area (Å²) >= 11 is 0. The fraction of sp³-hybridized carbons (Fsp3) is 0.238. The zero-order valence-electron chi connectivity index (χ0n) is 15.6. The van der Waals surface area contributed by atoms with E-state index in [2.05, 4.69) is 6.07 Å². The van der Waals surface area contributed by atoms with Gasteiger partial charge in [0.2, 0.25) is 5.75 Å². The predicted molar refractivity (Wildman–Crippen MR) is 103 cm³/mol. The molecule has 0 saturated heterocycles. The largest absolute Gasteiger partial charge is 0.496 e. The van der Waals surface area contributed by atoms with E-state index >= 15 is 0 Å². The number of hydrogen-bond donors (Lipinski definition) is 0. The molecule has 0 aliphatic carbocycles. The molecule has 1 heterocycles. The fourth-order valence-electron chi connectivity index (χ4n) is 3.01. The van der Waals surface area contributed by atoms with Gasteiger partial charge in [-0.1, -0.05) is 18.2 Å². The lowest BCUT2D eigenvalue weighted by Gasteiger charge is -2.17. The molecule has 5 heteroatoms. The molecule has 0 bridgehead atoms. The third-order valence-electron chi connectivity index (χ3n) is 4.16. The second kappa shape index (κ2) is 7.44. The van der Waals surface area contributed by atoms with Crippen LogP contribution >= 0.6 is 0 Å². The van der Waals surface area contributed by atoms with Crippen molar-refractivity contribution in [3.8, 4) is 34.3 Å². The van der Waals surface area contributed by atoms with Crippen LogP contribution in [0.5, 0.6) is 23.0 Å². The van der Waals surface area contributed by atoms with Crippen LogP contribution in [0.4, 0.5) is 0 Å². The van der Waals surface area contributed by atoms with Crippen LogP contribution in [0.2, 0.25) is 0 Å². The lowest BCUT2D eigenvalue weighted by atomic mass is 10.1. The van der Waals surface area contributed by atoms with Gasteiger partial charge in [0, 0.05) is 11.5 Å². The summed E-state index contributed by atoms with van der Waals surface area (Å²) in [6.45, 7) is 1.99. The number of furan rings is 1. The van der Waals surface area contributed by atoms with Crippen LogP contribution in [0.15, 0.2) is 40.8 Å². The SMILES string of the molecule is CC=Cc1ccc2oc(-c3c(OC)cc(OC)c(OC)c3OC)cc2c1. The van der Waals surface area contributed by atoms with Gasteiger partial charge in [-0.15, -0.1) is 0 Å². The van der Waals surface area contributed by atoms with Crippen LogP contribution in [0, 0.1) is 0 Å². The second-order valence-electron chi connectivity index (χ2n) is 5.63. The van der Waals surface area contributed by atoms with E-state index < -0.39 is 0 Å². The summed E-state index contributed by atoms with van der Waals surface area (Å²) in [5.41, 5.74) is 2.57. The minimum atomic E-state index is 0.487. The first-order chi connectivity index (χ1) is 12.7. The Morgan fingerprint density at radius 1 is 0.808 bits per heavy atom. The highest BCUT2D eigenvalue weighted by atomic mass is 16.5. The van der Waals surface area contributed by atoms with Gasteiger partial charge in [0.1, 0.15) is 22.7 Å². The molecule has 2 aromatic carbocycles. The average molecular weight is 354 g/mol. The normalized spacial score (nSPS) is 11.1. The van der Waals surface area contributed by atoms with Crippen LogP contribution in [-0.2, 0) is 0 Å². The maximum absolute atomic E-state index is 6.06. The Morgan fingerprint density at radius 2 is 1.54 bits per heavy atom. The molecule has 0 unspecified atom stereocenters. The predicted octanol–water partition coefficient (Wildman–Crippen LogP) is 5.17. The Labute approximate surface area is 152 Å². The number of fused-ring (bicyclic) bond motifs is 1. The molecule has 26 heavy (non-hydrogen) atoms. The molecule has 5 nitrogen and oxygen atoms in total. The summed E-state index contributed by atoms with van der Waals surface area (Å²) in [6, 6.07) is 9.76. The molecule has 1 aromatic heterocycles. The molecule has 0 amide bonds. The highest BCUT2D eigenvalue weighted by Gasteiger charge is 2.25. The van der Waals surface area contributed by atoms with E-state index in [0.29, 0.717) is 34.3 Å². The van der Waals surface area contributed by atoms with Crippen molar-refractivity contribution in [2.75, 3.05) is 28.4 Å². The first kappa shape index (κ1) is 17.7. The van der Waals surface area contributed by atoms with Crippen molar-refractivity contribution in [3.05, 3.63) is 42.0 Å². The molecule has 0 spiro atoms. The molecular formula is C21H22O5. The van der Waals surface area contributed by atoms with Gasteiger partial charge >= 0.3 is 0 Å². The van der Waals surface area contributed by atoms with E-state index in [1.807, 2.05) is 37.3 Å². The van der Waals surface area contributed by atoms with Crippen molar-refractivity contribution in [2.24, 2.45) is 0 Å². The van der Waals surface area contributed by atoms with Crippen molar-refractivity contribution in [1.29, 1.82) is 0 Å². The minimum Gasteiger partial charge on any atom is -0.496 e. The van der Waals surface area contributed by atoms with E-state index in [9.17, 15) is 0 Å². The van der Waals surface area contributed by atoms with Gasteiger partial charge < -0.3 is 23.4 Å². The molecule has 3 aromatic rings. The van der Waals surface area contributed by atoms with Crippen molar-refractivity contribution in [1.82, 2.24) is 0 Å². The molecule has 0 atom stereocenters. The van der Waals surface area contributed by atoms with E-state index in [1.165, 1.54) is 0 Å². The van der Waals surface area contributed by atoms with Gasteiger partial charge in [-0.05, 0) is 30.7 Å². The summed E-state index contributed by atoms with van der Waals surface area (Å²) in [6.07, 6.45) is 4.05. The molecule has 0 radical (unpaired) electrons. The van der Waals surface area contributed by atoms with Gasteiger partial charge in [-0.3, -0.25) is 0 Å². The summed E-state index contributed by atoms with van der Waals surface area (Å²) in [4.78, 5) is 0. The molecule has 0 aliphatic rings. The standard InChI is InChI=1S/C21H22O5/c1-6-7-13-8-9-15-14(10-13)11-17(26-15)19-16(22-2)12-18(23-3)20(24-4)21(19)25-5/h6-12H,1-5H3. The fourth-order valence-corrected chi connectivity index (χ4v) is 3.01. The third kappa shape index (κ3) is 2.96. The number of allylic oxidation sites excluding steroid dienone is 1. The van der Waals surface area contributed by atoms with Crippen LogP contribution in [0.25, 0.3) is 28.4 Å². The van der Waals surface area contributed by atoms with Gasteiger partial charge in [0.25, 0.3) is 0 Å². The molecule has 0 aliphatic heterocycles. The van der Waals surface area contributed by atoms with Crippen molar-refractivity contribution < 1.29 is 23.4 Å². The molecular weight excluding hydrogens is 332 g/mol. The Hall–Kier alpha value is -3.08. The van der Waals surface area contributed by atoms with Crippen LogP contribution in [-0.4, -0.2) is 28.4 Å². The highest BCUT2D eigenvalue weighted by Crippen LogP contribution is 2.50. The molecule has 3 rings (SSSR count). The van der Waals surface area contributed by atoms with Crippen LogP contribution in [0.3, 0.4) is 0 Å². The number of benzene rings is 2. The highest BCUT2D eigenvalue weighted by molar-refractivity contribution is 5.89. The molecule has 0 fully saturated rings. The Balaban J connectivity index is 2.26. The lowest BCUT2D eigenvalue weighted by Crippen LogP contribution is -1.99. The maximum atomic E-state index is 6.06. The van der Waals surface area contributed by atoms with Gasteiger partial charge in [-0.25, -0.2) is 0 Å². The summed E-state index contributed by atoms with van der Waals surface area (Å²) in [5, 5.41) is 0.995. The van der Waals surface area contributed by atoms with Crippen molar-refractivity contribution in [2.45, 2.75) is 6.92 Å². The Morgan fingerprint density at radius 3 is 2.15 bits per heavy atom. The average Bonchev–Trinajstić information content (AvgIpc) is 3.09. The zero-order valence-corrected chi connectivity index (χ0v) is 15.6. The van der Waals surface area contributed by atoms with Crippen LogP contribution < -0.4 is 18.9 Å². The van der Waals surface area contributed by atoms with E-state index in [4.69, 9.17) is 23.4 Å². The third-order valence-corrected chi connectivity index (χ3v) is 4.16. The number of methoxy groups -OCH3 is 4. The van der Waals surface area contributed by atoms with Crippen LogP contribution in [0.1, 0.15) is 12.5 Å². The van der Waals surface area contributed by atoms with E-state index in [-0.39, 0.29) is 0 Å². The lowest BCUT2D eigenvalue weighted by molar-refractivity contribution is 0.319. The monoisotopic (exact) mass is 354 g/mol. The zero-order chi connectivity index (χ0) is 18.7. The smallest absolute Gasteiger partial charge is 0.204 e. The number of ether oxygens (including phenoxy) is 4. The number of rotatable bonds is 6. The topological polar surface area (TPSA) is 50.1 Å². The first-order valence-electron chi connectivity index (χ1n) is 8.20. The molecule has 0 N–H and O–H groups in total. The molecule has 136 valence electrons. The number of hydrogen-bond acceptors (Lipinski definition) is 5. The minimum absolute atomic E-state index is 0.487. The van der Waals surface area contributed by atoms with Gasteiger partial charge in [0.05, 0.1) is 28.4 Å². The van der Waals surface area contributed by atoms with Crippen molar-refractivity contribution >= 4 is 17.0 Å². The quantitative estimate of drug-likeness (QED) is 0.611. The van der Waals surface area contributed by atoms with E-state index in [0.717, 1.165) is 16.5 Å². The molecule has 0 saturated carbocycles. The van der Waals surface area contributed by atoms with E-state index in [1.54, 1.807) is 34.5 Å². The Kier molecular flexibility index (Phi) is 5.07. The summed E-state index contributed by atoms with van der Waals surface area (Å²) in [7, 11) is 6.31. The summed E-state index contributed by atoms with van der Waals surface area (Å²) < 4.78 is 28.1. The van der Waals surface area contributed by atoms with Gasteiger partial charge in [0.15, 0.2) is 11.5 Å². The van der Waals surface area contributed by atoms with Crippen molar-refractivity contribution in [3.63, 3.8) is 0 Å². The van der Waals surface area contributed by atoms with Gasteiger partial charge in [-0.2, -0.15) is 0 Å². The first-order valence-corrected chi connectivity index (χ1v) is 8.20. The summed E-state index contributed by atoms with van der Waals surface area (Å²) in [5.74, 6) is 2.72.